The van der Waals surface area contributed by atoms with Gasteiger partial charge in [0.1, 0.15) is 10.9 Å². The van der Waals surface area contributed by atoms with Gasteiger partial charge in [0.15, 0.2) is 0 Å². The lowest BCUT2D eigenvalue weighted by atomic mass is 10.8. The Bertz CT molecular complexity index is 189. The first-order valence-corrected chi connectivity index (χ1v) is 4.60. The smallest absolute Gasteiger partial charge is 0.205 e. The minimum Gasteiger partial charge on any atom is -0.447 e. The molecule has 0 aliphatic heterocycles. The van der Waals surface area contributed by atoms with Crippen molar-refractivity contribution in [2.75, 3.05) is 6.26 Å². The molecule has 9 heavy (non-hydrogen) atoms. The summed E-state index contributed by atoms with van der Waals surface area (Å²) in [5, 5.41) is 0. The predicted molar refractivity (Wildman–Crippen MR) is 41.4 cm³/mol. The van der Waals surface area contributed by atoms with Gasteiger partial charge in [-0.1, -0.05) is 0 Å². The fourth-order valence-corrected chi connectivity index (χ4v) is 1.15. The zero-order valence-corrected chi connectivity index (χ0v) is 7.33. The van der Waals surface area contributed by atoms with E-state index >= 15 is 0 Å². The fourth-order valence-electron chi connectivity index (χ4n) is 0.478. The number of oxazole rings is 1. The Kier molecular flexibility index (Phi) is 2.60. The third kappa shape index (κ3) is 2.02. The molecule has 0 bridgehead atoms. The molecule has 0 amide bonds. The van der Waals surface area contributed by atoms with E-state index in [1.165, 1.54) is 0 Å². The zero-order valence-electron chi connectivity index (χ0n) is 4.93. The standard InChI is InChI=1S/C5H6BrNOS/c1-9-3-5-7-4(6)2-8-5/h2H,3H2,1H3. The minimum atomic E-state index is 0.770. The summed E-state index contributed by atoms with van der Waals surface area (Å²) in [6.07, 6.45) is 3.60. The van der Waals surface area contributed by atoms with E-state index < -0.39 is 0 Å². The molecule has 0 saturated heterocycles. The van der Waals surface area contributed by atoms with Crippen molar-refractivity contribution in [1.29, 1.82) is 0 Å². The molecule has 1 aromatic heterocycles. The Balaban J connectivity index is 2.61. The monoisotopic (exact) mass is 207 g/mol. The van der Waals surface area contributed by atoms with Crippen molar-refractivity contribution in [3.63, 3.8) is 0 Å². The van der Waals surface area contributed by atoms with Gasteiger partial charge in [-0.2, -0.15) is 11.8 Å². The molecule has 0 N–H and O–H groups in total. The van der Waals surface area contributed by atoms with Crippen molar-refractivity contribution >= 4 is 27.7 Å². The second-order valence-corrected chi connectivity index (χ2v) is 3.18. The average Bonchev–Trinajstić information content (AvgIpc) is 2.17. The van der Waals surface area contributed by atoms with Gasteiger partial charge in [0, 0.05) is 0 Å². The lowest BCUT2D eigenvalue weighted by Crippen LogP contribution is -1.75. The van der Waals surface area contributed by atoms with Crippen LogP contribution in [0.5, 0.6) is 0 Å². The van der Waals surface area contributed by atoms with Crippen LogP contribution in [0.3, 0.4) is 0 Å². The van der Waals surface area contributed by atoms with Crippen LogP contribution in [0.2, 0.25) is 0 Å². The molecule has 50 valence electrons. The second-order valence-electron chi connectivity index (χ2n) is 1.50. The number of hydrogen-bond donors (Lipinski definition) is 0. The summed E-state index contributed by atoms with van der Waals surface area (Å²) < 4.78 is 5.80. The molecule has 0 fully saturated rings. The molecule has 0 aliphatic carbocycles. The van der Waals surface area contributed by atoms with Crippen molar-refractivity contribution in [3.05, 3.63) is 16.8 Å². The highest BCUT2D eigenvalue weighted by Crippen LogP contribution is 2.12. The lowest BCUT2D eigenvalue weighted by molar-refractivity contribution is 0.517. The largest absolute Gasteiger partial charge is 0.447 e. The van der Waals surface area contributed by atoms with Crippen LogP contribution in [0.25, 0.3) is 0 Å². The highest BCUT2D eigenvalue weighted by Gasteiger charge is 1.97. The first-order valence-electron chi connectivity index (χ1n) is 2.42. The molecule has 0 unspecified atom stereocenters. The van der Waals surface area contributed by atoms with E-state index in [-0.39, 0.29) is 0 Å². The van der Waals surface area contributed by atoms with E-state index in [4.69, 9.17) is 4.42 Å². The summed E-state index contributed by atoms with van der Waals surface area (Å²) in [6.45, 7) is 0. The van der Waals surface area contributed by atoms with Crippen LogP contribution in [-0.2, 0) is 5.75 Å². The molecule has 0 spiro atoms. The van der Waals surface area contributed by atoms with E-state index in [1.54, 1.807) is 18.0 Å². The van der Waals surface area contributed by atoms with Gasteiger partial charge >= 0.3 is 0 Å². The van der Waals surface area contributed by atoms with Gasteiger partial charge in [-0.05, 0) is 22.2 Å². The molecule has 0 aliphatic rings. The molecule has 0 saturated carbocycles. The predicted octanol–water partition coefficient (Wildman–Crippen LogP) is 2.30. The van der Waals surface area contributed by atoms with Gasteiger partial charge in [-0.3, -0.25) is 0 Å². The number of nitrogens with zero attached hydrogens (tertiary/aromatic N) is 1. The Labute approximate surface area is 66.2 Å². The summed E-state index contributed by atoms with van der Waals surface area (Å²) in [6, 6.07) is 0. The van der Waals surface area contributed by atoms with Crippen LogP contribution in [-0.4, -0.2) is 11.2 Å². The molecule has 0 radical (unpaired) electrons. The van der Waals surface area contributed by atoms with Crippen molar-refractivity contribution < 1.29 is 4.42 Å². The maximum absolute atomic E-state index is 5.03. The molecule has 0 atom stereocenters. The summed E-state index contributed by atoms with van der Waals surface area (Å²) in [5.41, 5.74) is 0. The average molecular weight is 208 g/mol. The Morgan fingerprint density at radius 1 is 1.89 bits per heavy atom. The van der Waals surface area contributed by atoms with Crippen molar-refractivity contribution in [2.24, 2.45) is 0 Å². The molecule has 1 aromatic rings. The first-order chi connectivity index (χ1) is 4.33. The fraction of sp³-hybridized carbons (Fsp3) is 0.400. The SMILES string of the molecule is CSCc1nc(Br)co1. The van der Waals surface area contributed by atoms with Gasteiger partial charge in [-0.15, -0.1) is 0 Å². The molecule has 1 rings (SSSR count). The molecule has 4 heteroatoms. The Hall–Kier alpha value is 0.0400. The van der Waals surface area contributed by atoms with Crippen molar-refractivity contribution in [3.8, 4) is 0 Å². The summed E-state index contributed by atoms with van der Waals surface area (Å²) in [7, 11) is 0. The van der Waals surface area contributed by atoms with Crippen LogP contribution < -0.4 is 0 Å². The third-order valence-electron chi connectivity index (χ3n) is 0.792. The van der Waals surface area contributed by atoms with Crippen LogP contribution >= 0.6 is 27.7 Å². The maximum Gasteiger partial charge on any atom is 0.205 e. The minimum absolute atomic E-state index is 0.770. The van der Waals surface area contributed by atoms with Crippen LogP contribution in [0.15, 0.2) is 15.3 Å². The van der Waals surface area contributed by atoms with Crippen molar-refractivity contribution in [1.82, 2.24) is 4.98 Å². The van der Waals surface area contributed by atoms with E-state index in [2.05, 4.69) is 20.9 Å². The molecular formula is C5H6BrNOS. The first kappa shape index (κ1) is 7.15. The molecule has 1 heterocycles. The molecule has 2 nitrogen and oxygen atoms in total. The van der Waals surface area contributed by atoms with E-state index in [1.807, 2.05) is 6.26 Å². The highest BCUT2D eigenvalue weighted by molar-refractivity contribution is 9.10. The number of rotatable bonds is 2. The number of halogens is 1. The summed E-state index contributed by atoms with van der Waals surface area (Å²) in [4.78, 5) is 4.03. The van der Waals surface area contributed by atoms with Crippen molar-refractivity contribution in [2.45, 2.75) is 5.75 Å². The van der Waals surface area contributed by atoms with Gasteiger partial charge in [0.25, 0.3) is 0 Å². The van der Waals surface area contributed by atoms with Crippen LogP contribution in [0, 0.1) is 0 Å². The maximum atomic E-state index is 5.03. The van der Waals surface area contributed by atoms with Gasteiger partial charge in [-0.25, -0.2) is 4.98 Å². The molecular weight excluding hydrogens is 202 g/mol. The lowest BCUT2D eigenvalue weighted by Gasteiger charge is -1.84. The Morgan fingerprint density at radius 3 is 3.11 bits per heavy atom. The van der Waals surface area contributed by atoms with Crippen LogP contribution in [0.1, 0.15) is 5.89 Å². The second kappa shape index (κ2) is 3.27. The topological polar surface area (TPSA) is 26.0 Å². The summed E-state index contributed by atoms with van der Waals surface area (Å²) >= 11 is 4.88. The number of hydrogen-bond acceptors (Lipinski definition) is 3. The van der Waals surface area contributed by atoms with Gasteiger partial charge < -0.3 is 4.42 Å². The zero-order chi connectivity index (χ0) is 6.69. The summed E-state index contributed by atoms with van der Waals surface area (Å²) in [5.74, 6) is 1.61. The normalized spacial score (nSPS) is 10.0. The Morgan fingerprint density at radius 2 is 2.67 bits per heavy atom. The van der Waals surface area contributed by atoms with Gasteiger partial charge in [0.2, 0.25) is 5.89 Å². The van der Waals surface area contributed by atoms with E-state index in [0.29, 0.717) is 0 Å². The molecule has 0 aromatic carbocycles. The van der Waals surface area contributed by atoms with E-state index in [0.717, 1.165) is 16.2 Å². The highest BCUT2D eigenvalue weighted by atomic mass is 79.9. The number of thioether (sulfide) groups is 1. The number of aromatic nitrogens is 1. The van der Waals surface area contributed by atoms with Gasteiger partial charge in [0.05, 0.1) is 5.75 Å². The van der Waals surface area contributed by atoms with E-state index in [9.17, 15) is 0 Å². The quantitative estimate of drug-likeness (QED) is 0.745. The van der Waals surface area contributed by atoms with Crippen LogP contribution in [0.4, 0.5) is 0 Å². The third-order valence-corrected chi connectivity index (χ3v) is 1.69.